The van der Waals surface area contributed by atoms with Crippen LogP contribution in [0.1, 0.15) is 74.2 Å². The van der Waals surface area contributed by atoms with E-state index in [2.05, 4.69) is 5.32 Å². The lowest BCUT2D eigenvalue weighted by atomic mass is 9.84. The van der Waals surface area contributed by atoms with E-state index in [1.165, 1.54) is 0 Å². The first-order valence-electron chi connectivity index (χ1n) is 9.52. The molecule has 0 bridgehead atoms. The molecule has 2 aromatic rings. The summed E-state index contributed by atoms with van der Waals surface area (Å²) in [4.78, 5) is 25.5. The number of phenols is 1. The van der Waals surface area contributed by atoms with Gasteiger partial charge in [0.05, 0.1) is 0 Å². The quantitative estimate of drug-likeness (QED) is 0.688. The second kappa shape index (κ2) is 7.42. The van der Waals surface area contributed by atoms with Crippen molar-refractivity contribution in [3.05, 3.63) is 58.1 Å². The molecule has 4 nitrogen and oxygen atoms in total. The summed E-state index contributed by atoms with van der Waals surface area (Å²) in [5, 5.41) is 13.1. The van der Waals surface area contributed by atoms with Gasteiger partial charge in [-0.2, -0.15) is 0 Å². The van der Waals surface area contributed by atoms with Crippen LogP contribution in [0.2, 0.25) is 0 Å². The van der Waals surface area contributed by atoms with Gasteiger partial charge >= 0.3 is 0 Å². The highest BCUT2D eigenvalue weighted by molar-refractivity contribution is 6.11. The van der Waals surface area contributed by atoms with Crippen LogP contribution >= 0.6 is 0 Å². The molecule has 0 atom stereocenters. The van der Waals surface area contributed by atoms with Crippen LogP contribution in [-0.2, 0) is 10.2 Å². The lowest BCUT2D eigenvalue weighted by Gasteiger charge is -2.21. The molecule has 2 N–H and O–H groups in total. The molecule has 1 amide bonds. The third-order valence-electron chi connectivity index (χ3n) is 4.77. The molecule has 0 spiro atoms. The van der Waals surface area contributed by atoms with Crippen LogP contribution in [-0.4, -0.2) is 16.8 Å². The minimum atomic E-state index is -0.494. The van der Waals surface area contributed by atoms with Gasteiger partial charge in [0.15, 0.2) is 5.78 Å². The molecule has 4 heteroatoms. The molecule has 0 heterocycles. The summed E-state index contributed by atoms with van der Waals surface area (Å²) in [5.74, 6) is 0.0330. The van der Waals surface area contributed by atoms with E-state index in [9.17, 15) is 14.7 Å². The van der Waals surface area contributed by atoms with Gasteiger partial charge in [0, 0.05) is 22.2 Å². The molecule has 2 aromatic carbocycles. The first kappa shape index (κ1) is 21.7. The molecule has 0 aliphatic rings. The van der Waals surface area contributed by atoms with E-state index >= 15 is 0 Å². The molecular weight excluding hydrogens is 350 g/mol. The zero-order valence-corrected chi connectivity index (χ0v) is 18.2. The fraction of sp³-hybridized carbons (Fsp3) is 0.417. The topological polar surface area (TPSA) is 66.4 Å². The summed E-state index contributed by atoms with van der Waals surface area (Å²) in [6, 6.07) is 8.66. The minimum Gasteiger partial charge on any atom is -0.508 e. The van der Waals surface area contributed by atoms with Crippen LogP contribution in [0.4, 0.5) is 5.69 Å². The van der Waals surface area contributed by atoms with Gasteiger partial charge in [0.1, 0.15) is 5.75 Å². The molecular formula is C24H31NO3. The third kappa shape index (κ3) is 4.61. The molecule has 0 aliphatic heterocycles. The highest BCUT2D eigenvalue weighted by atomic mass is 16.3. The van der Waals surface area contributed by atoms with E-state index in [0.717, 1.165) is 16.7 Å². The molecule has 0 radical (unpaired) electrons. The Kier molecular flexibility index (Phi) is 5.74. The summed E-state index contributed by atoms with van der Waals surface area (Å²) in [5.41, 5.74) is 3.44. The van der Waals surface area contributed by atoms with Gasteiger partial charge in [-0.1, -0.05) is 41.5 Å². The first-order chi connectivity index (χ1) is 12.7. The number of amides is 1. The van der Waals surface area contributed by atoms with Gasteiger partial charge in [-0.05, 0) is 66.3 Å². The smallest absolute Gasteiger partial charge is 0.229 e. The Labute approximate surface area is 168 Å². The lowest BCUT2D eigenvalue weighted by molar-refractivity contribution is -0.123. The Bertz CT molecular complexity index is 905. The van der Waals surface area contributed by atoms with Crippen molar-refractivity contribution in [1.29, 1.82) is 0 Å². The zero-order chi connectivity index (χ0) is 21.4. The average molecular weight is 382 g/mol. The van der Waals surface area contributed by atoms with Crippen molar-refractivity contribution in [2.45, 2.75) is 60.8 Å². The van der Waals surface area contributed by atoms with Crippen LogP contribution < -0.4 is 5.32 Å². The van der Waals surface area contributed by atoms with Crippen molar-refractivity contribution < 1.29 is 14.7 Å². The number of benzene rings is 2. The fourth-order valence-corrected chi connectivity index (χ4v) is 3.13. The second-order valence-electron chi connectivity index (χ2n) is 9.50. The van der Waals surface area contributed by atoms with Crippen molar-refractivity contribution in [3.63, 3.8) is 0 Å². The number of aromatic hydroxyl groups is 1. The molecule has 150 valence electrons. The van der Waals surface area contributed by atoms with Crippen LogP contribution in [0.25, 0.3) is 0 Å². The largest absolute Gasteiger partial charge is 0.508 e. The predicted octanol–water partition coefficient (Wildman–Crippen LogP) is 5.52. The van der Waals surface area contributed by atoms with Crippen molar-refractivity contribution in [1.82, 2.24) is 0 Å². The Balaban J connectivity index is 2.44. The number of hydrogen-bond donors (Lipinski definition) is 2. The van der Waals surface area contributed by atoms with Crippen molar-refractivity contribution >= 4 is 17.4 Å². The second-order valence-corrected chi connectivity index (χ2v) is 9.50. The number of phenolic OH excluding ortho intramolecular Hbond substituents is 1. The number of carbonyl (C=O) groups excluding carboxylic acids is 2. The highest BCUT2D eigenvalue weighted by Gasteiger charge is 2.24. The number of hydrogen-bond acceptors (Lipinski definition) is 3. The van der Waals surface area contributed by atoms with E-state index < -0.39 is 5.41 Å². The van der Waals surface area contributed by atoms with Gasteiger partial charge in [-0.3, -0.25) is 9.59 Å². The van der Waals surface area contributed by atoms with Crippen molar-refractivity contribution in [2.24, 2.45) is 5.41 Å². The van der Waals surface area contributed by atoms with Crippen LogP contribution in [0.5, 0.6) is 5.75 Å². The summed E-state index contributed by atoms with van der Waals surface area (Å²) in [6.45, 7) is 15.3. The SMILES string of the molecule is Cc1cc(NC(=O)C(C)(C)C)cc(C)c1C(=O)c1ccc(O)c(C(C)(C)C)c1. The molecule has 0 aliphatic carbocycles. The highest BCUT2D eigenvalue weighted by Crippen LogP contribution is 2.32. The van der Waals surface area contributed by atoms with E-state index in [1.54, 1.807) is 18.2 Å². The van der Waals surface area contributed by atoms with Crippen LogP contribution in [0.3, 0.4) is 0 Å². The van der Waals surface area contributed by atoms with Crippen LogP contribution in [0, 0.1) is 19.3 Å². The Morgan fingerprint density at radius 3 is 1.89 bits per heavy atom. The van der Waals surface area contributed by atoms with Gasteiger partial charge in [0.25, 0.3) is 0 Å². The maximum atomic E-state index is 13.2. The normalized spacial score (nSPS) is 12.0. The number of nitrogens with one attached hydrogen (secondary N) is 1. The predicted molar refractivity (Wildman–Crippen MR) is 114 cm³/mol. The first-order valence-corrected chi connectivity index (χ1v) is 9.52. The van der Waals surface area contributed by atoms with Gasteiger partial charge in [0.2, 0.25) is 5.91 Å². The minimum absolute atomic E-state index is 0.0706. The van der Waals surface area contributed by atoms with Crippen molar-refractivity contribution in [3.8, 4) is 5.75 Å². The number of rotatable bonds is 3. The number of carbonyl (C=O) groups is 2. The number of ketones is 1. The van der Waals surface area contributed by atoms with E-state index in [-0.39, 0.29) is 22.9 Å². The van der Waals surface area contributed by atoms with Crippen molar-refractivity contribution in [2.75, 3.05) is 5.32 Å². The van der Waals surface area contributed by atoms with E-state index in [0.29, 0.717) is 16.8 Å². The molecule has 0 saturated heterocycles. The van der Waals surface area contributed by atoms with Gasteiger partial charge in [-0.25, -0.2) is 0 Å². The Morgan fingerprint density at radius 1 is 0.893 bits per heavy atom. The Morgan fingerprint density at radius 2 is 1.43 bits per heavy atom. The van der Waals surface area contributed by atoms with Crippen LogP contribution in [0.15, 0.2) is 30.3 Å². The third-order valence-corrected chi connectivity index (χ3v) is 4.77. The molecule has 0 aromatic heterocycles. The van der Waals surface area contributed by atoms with Gasteiger partial charge < -0.3 is 10.4 Å². The summed E-state index contributed by atoms with van der Waals surface area (Å²) in [7, 11) is 0. The van der Waals surface area contributed by atoms with E-state index in [1.807, 2.05) is 67.5 Å². The monoisotopic (exact) mass is 381 g/mol. The summed E-state index contributed by atoms with van der Waals surface area (Å²) in [6.07, 6.45) is 0. The summed E-state index contributed by atoms with van der Waals surface area (Å²) >= 11 is 0. The molecule has 2 rings (SSSR count). The summed E-state index contributed by atoms with van der Waals surface area (Å²) < 4.78 is 0. The molecule has 28 heavy (non-hydrogen) atoms. The lowest BCUT2D eigenvalue weighted by Crippen LogP contribution is -2.27. The molecule has 0 unspecified atom stereocenters. The van der Waals surface area contributed by atoms with Gasteiger partial charge in [-0.15, -0.1) is 0 Å². The standard InChI is InChI=1S/C24H31NO3/c1-14-11-17(25-22(28)24(6,7)8)12-15(2)20(14)21(27)16-9-10-19(26)18(13-16)23(3,4)5/h9-13,26H,1-8H3,(H,25,28). The number of aryl methyl sites for hydroxylation is 2. The van der Waals surface area contributed by atoms with E-state index in [4.69, 9.17) is 0 Å². The average Bonchev–Trinajstić information content (AvgIpc) is 2.52. The fourth-order valence-electron chi connectivity index (χ4n) is 3.13. The molecule has 0 saturated carbocycles. The zero-order valence-electron chi connectivity index (χ0n) is 18.2. The Hall–Kier alpha value is -2.62. The maximum Gasteiger partial charge on any atom is 0.229 e. The maximum absolute atomic E-state index is 13.2. The molecule has 0 fully saturated rings. The number of anilines is 1.